The molecular formula is C16H27NO. The maximum absolute atomic E-state index is 11.3. The number of hydrogen-bond acceptors (Lipinski definition) is 2. The fourth-order valence-corrected chi connectivity index (χ4v) is 2.32. The summed E-state index contributed by atoms with van der Waals surface area (Å²) in [5.74, 6) is 0.379. The number of ketones is 1. The lowest BCUT2D eigenvalue weighted by molar-refractivity contribution is -0.121. The molecule has 0 saturated heterocycles. The van der Waals surface area contributed by atoms with Crippen molar-refractivity contribution in [2.75, 3.05) is 7.05 Å². The standard InChI is InChI=1S/C14H21NO.C2H6/c1-4-6-12(7-5-2)14(15-3)10-8-13(16)9-11-14;1-2/h4-7,15H,1,8-11H2,2-3H3;1-2H3/b7-5-,12-6+;. The molecule has 1 aliphatic carbocycles. The Morgan fingerprint density at radius 1 is 1.33 bits per heavy atom. The van der Waals surface area contributed by atoms with E-state index in [2.05, 4.69) is 18.0 Å². The van der Waals surface area contributed by atoms with Crippen LogP contribution in [0.25, 0.3) is 0 Å². The highest BCUT2D eigenvalue weighted by molar-refractivity contribution is 5.79. The summed E-state index contributed by atoms with van der Waals surface area (Å²) >= 11 is 0. The molecule has 0 atom stereocenters. The maximum Gasteiger partial charge on any atom is 0.133 e. The molecule has 0 aliphatic heterocycles. The summed E-state index contributed by atoms with van der Waals surface area (Å²) in [6, 6.07) is 0. The lowest BCUT2D eigenvalue weighted by Crippen LogP contribution is -2.47. The third-order valence-corrected chi connectivity index (χ3v) is 3.34. The van der Waals surface area contributed by atoms with Crippen molar-refractivity contribution in [3.8, 4) is 0 Å². The van der Waals surface area contributed by atoms with Crippen LogP contribution in [0, 0.1) is 0 Å². The number of hydrogen-bond donors (Lipinski definition) is 1. The van der Waals surface area contributed by atoms with Crippen LogP contribution in [0.1, 0.15) is 46.5 Å². The largest absolute Gasteiger partial charge is 0.310 e. The van der Waals surface area contributed by atoms with Crippen LogP contribution in [0.3, 0.4) is 0 Å². The summed E-state index contributed by atoms with van der Waals surface area (Å²) in [7, 11) is 1.97. The molecular weight excluding hydrogens is 222 g/mol. The third kappa shape index (κ3) is 4.26. The van der Waals surface area contributed by atoms with Gasteiger partial charge in [-0.15, -0.1) is 0 Å². The fraction of sp³-hybridized carbons (Fsp3) is 0.562. The summed E-state index contributed by atoms with van der Waals surface area (Å²) in [6.45, 7) is 9.76. The third-order valence-electron chi connectivity index (χ3n) is 3.34. The van der Waals surface area contributed by atoms with Gasteiger partial charge in [-0.2, -0.15) is 0 Å². The quantitative estimate of drug-likeness (QED) is 0.768. The Morgan fingerprint density at radius 3 is 2.28 bits per heavy atom. The number of carbonyl (C=O) groups is 1. The summed E-state index contributed by atoms with van der Waals surface area (Å²) in [6.07, 6.45) is 11.1. The van der Waals surface area contributed by atoms with E-state index in [-0.39, 0.29) is 5.54 Å². The van der Waals surface area contributed by atoms with Gasteiger partial charge in [0.2, 0.25) is 0 Å². The number of carbonyl (C=O) groups excluding carboxylic acids is 1. The maximum atomic E-state index is 11.3. The number of rotatable bonds is 4. The number of Topliss-reactive ketones (excluding diaryl/α,β-unsaturated/α-hetero) is 1. The summed E-state index contributed by atoms with van der Waals surface area (Å²) in [5.41, 5.74) is 1.18. The highest BCUT2D eigenvalue weighted by Crippen LogP contribution is 2.33. The molecule has 1 N–H and O–H groups in total. The zero-order chi connectivity index (χ0) is 14.0. The van der Waals surface area contributed by atoms with Crippen molar-refractivity contribution >= 4 is 5.78 Å². The van der Waals surface area contributed by atoms with Crippen molar-refractivity contribution in [1.82, 2.24) is 5.32 Å². The van der Waals surface area contributed by atoms with Crippen LogP contribution in [-0.2, 0) is 4.79 Å². The van der Waals surface area contributed by atoms with E-state index in [1.54, 1.807) is 0 Å². The van der Waals surface area contributed by atoms with Gasteiger partial charge >= 0.3 is 0 Å². The second kappa shape index (κ2) is 8.87. The van der Waals surface area contributed by atoms with Crippen LogP contribution < -0.4 is 5.32 Å². The summed E-state index contributed by atoms with van der Waals surface area (Å²) in [5, 5.41) is 3.39. The first kappa shape index (κ1) is 16.9. The Labute approximate surface area is 112 Å². The van der Waals surface area contributed by atoms with Crippen LogP contribution in [0.4, 0.5) is 0 Å². The van der Waals surface area contributed by atoms with Crippen molar-refractivity contribution in [3.63, 3.8) is 0 Å². The zero-order valence-electron chi connectivity index (χ0n) is 12.3. The molecule has 1 rings (SSSR count). The monoisotopic (exact) mass is 249 g/mol. The molecule has 2 heteroatoms. The number of nitrogens with one attached hydrogen (secondary N) is 1. The molecule has 102 valence electrons. The van der Waals surface area contributed by atoms with Gasteiger partial charge in [-0.05, 0) is 32.4 Å². The molecule has 0 aromatic heterocycles. The molecule has 1 aliphatic rings. The van der Waals surface area contributed by atoms with Crippen molar-refractivity contribution in [3.05, 3.63) is 36.5 Å². The van der Waals surface area contributed by atoms with Crippen LogP contribution in [0.15, 0.2) is 36.5 Å². The molecule has 0 unspecified atom stereocenters. The van der Waals surface area contributed by atoms with Crippen molar-refractivity contribution in [2.24, 2.45) is 0 Å². The predicted octanol–water partition coefficient (Wildman–Crippen LogP) is 3.80. The molecule has 0 bridgehead atoms. The molecule has 0 aromatic carbocycles. The average Bonchev–Trinajstić information content (AvgIpc) is 2.42. The Hall–Kier alpha value is -1.15. The van der Waals surface area contributed by atoms with Gasteiger partial charge < -0.3 is 5.32 Å². The van der Waals surface area contributed by atoms with Crippen LogP contribution in [0.5, 0.6) is 0 Å². The molecule has 0 radical (unpaired) electrons. The van der Waals surface area contributed by atoms with Gasteiger partial charge in [-0.3, -0.25) is 4.79 Å². The van der Waals surface area contributed by atoms with Gasteiger partial charge in [-0.25, -0.2) is 0 Å². The van der Waals surface area contributed by atoms with Gasteiger partial charge in [0.05, 0.1) is 0 Å². The zero-order valence-corrected chi connectivity index (χ0v) is 12.3. The SMILES string of the molecule is C=C/C=C(\C=C/C)C1(NC)CCC(=O)CC1.CC. The normalized spacial score (nSPS) is 19.3. The van der Waals surface area contributed by atoms with Gasteiger partial charge in [0.1, 0.15) is 5.78 Å². The van der Waals surface area contributed by atoms with E-state index in [9.17, 15) is 4.79 Å². The van der Waals surface area contributed by atoms with E-state index in [0.29, 0.717) is 18.6 Å². The molecule has 0 heterocycles. The second-order valence-electron chi connectivity index (χ2n) is 4.23. The Morgan fingerprint density at radius 2 is 1.89 bits per heavy atom. The Bertz CT molecular complexity index is 316. The first-order chi connectivity index (χ1) is 8.68. The average molecular weight is 249 g/mol. The topological polar surface area (TPSA) is 29.1 Å². The molecule has 0 aromatic rings. The predicted molar refractivity (Wildman–Crippen MR) is 79.7 cm³/mol. The molecule has 1 saturated carbocycles. The lowest BCUT2D eigenvalue weighted by Gasteiger charge is -2.38. The van der Waals surface area contributed by atoms with Crippen molar-refractivity contribution in [2.45, 2.75) is 52.0 Å². The summed E-state index contributed by atoms with van der Waals surface area (Å²) < 4.78 is 0. The highest BCUT2D eigenvalue weighted by Gasteiger charge is 2.35. The summed E-state index contributed by atoms with van der Waals surface area (Å²) in [4.78, 5) is 11.3. The van der Waals surface area contributed by atoms with Crippen LogP contribution >= 0.6 is 0 Å². The Balaban J connectivity index is 0.00000137. The first-order valence-corrected chi connectivity index (χ1v) is 6.85. The van der Waals surface area contributed by atoms with Crippen molar-refractivity contribution in [1.29, 1.82) is 0 Å². The molecule has 0 spiro atoms. The van der Waals surface area contributed by atoms with E-state index in [4.69, 9.17) is 0 Å². The van der Waals surface area contributed by atoms with E-state index in [1.807, 2.05) is 46.0 Å². The first-order valence-electron chi connectivity index (χ1n) is 6.85. The van der Waals surface area contributed by atoms with Gasteiger partial charge in [-0.1, -0.05) is 44.7 Å². The molecule has 2 nitrogen and oxygen atoms in total. The lowest BCUT2D eigenvalue weighted by atomic mass is 9.75. The van der Waals surface area contributed by atoms with Gasteiger partial charge in [0.15, 0.2) is 0 Å². The van der Waals surface area contributed by atoms with E-state index >= 15 is 0 Å². The second-order valence-corrected chi connectivity index (χ2v) is 4.23. The van der Waals surface area contributed by atoms with Crippen LogP contribution in [0.2, 0.25) is 0 Å². The minimum absolute atomic E-state index is 0.0470. The van der Waals surface area contributed by atoms with E-state index in [1.165, 1.54) is 5.57 Å². The highest BCUT2D eigenvalue weighted by atomic mass is 16.1. The molecule has 0 amide bonds. The number of likely N-dealkylation sites (N-methyl/N-ethyl adjacent to an activating group) is 1. The smallest absolute Gasteiger partial charge is 0.133 e. The minimum Gasteiger partial charge on any atom is -0.310 e. The fourth-order valence-electron chi connectivity index (χ4n) is 2.32. The van der Waals surface area contributed by atoms with E-state index < -0.39 is 0 Å². The molecule has 1 fully saturated rings. The molecule has 18 heavy (non-hydrogen) atoms. The minimum atomic E-state index is -0.0470. The Kier molecular flexibility index (Phi) is 8.30. The van der Waals surface area contributed by atoms with Crippen LogP contribution in [-0.4, -0.2) is 18.4 Å². The number of allylic oxidation sites excluding steroid dienone is 3. The van der Waals surface area contributed by atoms with E-state index in [0.717, 1.165) is 12.8 Å². The van der Waals surface area contributed by atoms with Gasteiger partial charge in [0, 0.05) is 18.4 Å². The van der Waals surface area contributed by atoms with Gasteiger partial charge in [0.25, 0.3) is 0 Å². The van der Waals surface area contributed by atoms with Crippen molar-refractivity contribution < 1.29 is 4.79 Å².